The molecule has 0 amide bonds. The van der Waals surface area contributed by atoms with Crippen LogP contribution in [0.25, 0.3) is 0 Å². The summed E-state index contributed by atoms with van der Waals surface area (Å²) in [7, 11) is 0. The zero-order valence-corrected chi connectivity index (χ0v) is 12.5. The van der Waals surface area contributed by atoms with E-state index in [1.54, 1.807) is 13.0 Å². The number of hydrogen-bond donors (Lipinski definition) is 1. The largest absolute Gasteiger partial charge is 0.382 e. The van der Waals surface area contributed by atoms with Gasteiger partial charge in [0.25, 0.3) is 0 Å². The van der Waals surface area contributed by atoms with Crippen LogP contribution in [-0.4, -0.2) is 6.04 Å². The van der Waals surface area contributed by atoms with Gasteiger partial charge in [-0.2, -0.15) is 0 Å². The maximum absolute atomic E-state index is 13.6. The summed E-state index contributed by atoms with van der Waals surface area (Å²) in [4.78, 5) is 0. The Morgan fingerprint density at radius 1 is 0.952 bits per heavy atom. The highest BCUT2D eigenvalue weighted by molar-refractivity contribution is 5.46. The molecule has 0 atom stereocenters. The maximum atomic E-state index is 13.6. The molecular weight excluding hydrogens is 261 g/mol. The molecular formula is C19H22FN. The Morgan fingerprint density at radius 2 is 1.67 bits per heavy atom. The smallest absolute Gasteiger partial charge is 0.128 e. The third-order valence-electron chi connectivity index (χ3n) is 4.54. The highest BCUT2D eigenvalue weighted by Crippen LogP contribution is 2.33. The third kappa shape index (κ3) is 3.44. The van der Waals surface area contributed by atoms with Crippen molar-refractivity contribution in [2.24, 2.45) is 0 Å². The van der Waals surface area contributed by atoms with Gasteiger partial charge in [0.1, 0.15) is 5.82 Å². The fraction of sp³-hybridized carbons (Fsp3) is 0.368. The minimum absolute atomic E-state index is 0.127. The van der Waals surface area contributed by atoms with Crippen molar-refractivity contribution in [1.29, 1.82) is 0 Å². The third-order valence-corrected chi connectivity index (χ3v) is 4.54. The summed E-state index contributed by atoms with van der Waals surface area (Å²) in [5.41, 5.74) is 3.06. The van der Waals surface area contributed by atoms with Crippen LogP contribution < -0.4 is 5.32 Å². The van der Waals surface area contributed by atoms with E-state index in [4.69, 9.17) is 0 Å². The van der Waals surface area contributed by atoms with Crippen molar-refractivity contribution >= 4 is 5.69 Å². The van der Waals surface area contributed by atoms with Gasteiger partial charge in [0.15, 0.2) is 0 Å². The first kappa shape index (κ1) is 14.1. The average Bonchev–Trinajstić information content (AvgIpc) is 2.53. The molecule has 0 aliphatic heterocycles. The molecule has 0 aromatic heterocycles. The van der Waals surface area contributed by atoms with E-state index in [9.17, 15) is 4.39 Å². The standard InChI is InChI=1S/C19H22FN/c1-14-7-10-18(13-19(14)20)21-17-11-8-16(9-12-17)15-5-3-2-4-6-15/h2-7,10,13,16-17,21H,8-9,11-12H2,1H3. The molecule has 1 aliphatic carbocycles. The Balaban J connectivity index is 1.57. The highest BCUT2D eigenvalue weighted by Gasteiger charge is 2.22. The molecule has 0 heterocycles. The van der Waals surface area contributed by atoms with Crippen molar-refractivity contribution < 1.29 is 4.39 Å². The Labute approximate surface area is 126 Å². The molecule has 1 nitrogen and oxygen atoms in total. The predicted octanol–water partition coefficient (Wildman–Crippen LogP) is 5.27. The van der Waals surface area contributed by atoms with Crippen LogP contribution in [0.4, 0.5) is 10.1 Å². The van der Waals surface area contributed by atoms with Crippen LogP contribution in [0.5, 0.6) is 0 Å². The van der Waals surface area contributed by atoms with Crippen molar-refractivity contribution in [2.45, 2.75) is 44.6 Å². The Hall–Kier alpha value is -1.83. The molecule has 2 aromatic rings. The van der Waals surface area contributed by atoms with E-state index in [1.165, 1.54) is 18.4 Å². The van der Waals surface area contributed by atoms with Gasteiger partial charge >= 0.3 is 0 Å². The number of rotatable bonds is 3. The van der Waals surface area contributed by atoms with Gasteiger partial charge in [0.2, 0.25) is 0 Å². The van der Waals surface area contributed by atoms with Crippen molar-refractivity contribution in [3.63, 3.8) is 0 Å². The van der Waals surface area contributed by atoms with Crippen LogP contribution >= 0.6 is 0 Å². The molecule has 0 radical (unpaired) electrons. The summed E-state index contributed by atoms with van der Waals surface area (Å²) in [6.45, 7) is 1.80. The van der Waals surface area contributed by atoms with Gasteiger partial charge in [0.05, 0.1) is 0 Å². The van der Waals surface area contributed by atoms with Gasteiger partial charge in [-0.25, -0.2) is 4.39 Å². The molecule has 2 aromatic carbocycles. The zero-order valence-electron chi connectivity index (χ0n) is 12.5. The molecule has 1 saturated carbocycles. The molecule has 0 saturated heterocycles. The van der Waals surface area contributed by atoms with Crippen LogP contribution in [0.2, 0.25) is 0 Å². The van der Waals surface area contributed by atoms with Crippen LogP contribution in [-0.2, 0) is 0 Å². The number of aryl methyl sites for hydroxylation is 1. The van der Waals surface area contributed by atoms with Crippen LogP contribution in [0, 0.1) is 12.7 Å². The van der Waals surface area contributed by atoms with E-state index < -0.39 is 0 Å². The Kier molecular flexibility index (Phi) is 4.23. The van der Waals surface area contributed by atoms with E-state index >= 15 is 0 Å². The number of halogens is 1. The second-order valence-electron chi connectivity index (χ2n) is 6.07. The summed E-state index contributed by atoms with van der Waals surface area (Å²) in [6.07, 6.45) is 4.70. The molecule has 2 heteroatoms. The Morgan fingerprint density at radius 3 is 2.33 bits per heavy atom. The number of hydrogen-bond acceptors (Lipinski definition) is 1. The lowest BCUT2D eigenvalue weighted by molar-refractivity contribution is 0.412. The van der Waals surface area contributed by atoms with Gasteiger partial charge < -0.3 is 5.32 Å². The molecule has 1 N–H and O–H groups in total. The average molecular weight is 283 g/mol. The van der Waals surface area contributed by atoms with Gasteiger partial charge in [-0.3, -0.25) is 0 Å². The van der Waals surface area contributed by atoms with Crippen molar-refractivity contribution in [2.75, 3.05) is 5.32 Å². The van der Waals surface area contributed by atoms with Crippen LogP contribution in [0.3, 0.4) is 0 Å². The molecule has 0 unspecified atom stereocenters. The van der Waals surface area contributed by atoms with Gasteiger partial charge in [0, 0.05) is 11.7 Å². The summed E-state index contributed by atoms with van der Waals surface area (Å²) in [5.74, 6) is 0.553. The summed E-state index contributed by atoms with van der Waals surface area (Å²) in [5, 5.41) is 3.48. The zero-order chi connectivity index (χ0) is 14.7. The molecule has 1 fully saturated rings. The van der Waals surface area contributed by atoms with Crippen LogP contribution in [0.15, 0.2) is 48.5 Å². The lowest BCUT2D eigenvalue weighted by atomic mass is 9.82. The van der Waals surface area contributed by atoms with E-state index in [-0.39, 0.29) is 5.82 Å². The topological polar surface area (TPSA) is 12.0 Å². The van der Waals surface area contributed by atoms with Gasteiger partial charge in [-0.05, 0) is 61.8 Å². The number of nitrogens with one attached hydrogen (secondary N) is 1. The van der Waals surface area contributed by atoms with Crippen molar-refractivity contribution in [1.82, 2.24) is 0 Å². The minimum Gasteiger partial charge on any atom is -0.382 e. The summed E-state index contributed by atoms with van der Waals surface area (Å²) >= 11 is 0. The van der Waals surface area contributed by atoms with E-state index in [0.29, 0.717) is 17.5 Å². The predicted molar refractivity (Wildman–Crippen MR) is 86.2 cm³/mol. The first-order chi connectivity index (χ1) is 10.2. The molecule has 110 valence electrons. The Bertz CT molecular complexity index is 586. The SMILES string of the molecule is Cc1ccc(NC2CCC(c3ccccc3)CC2)cc1F. The van der Waals surface area contributed by atoms with E-state index in [2.05, 4.69) is 35.6 Å². The van der Waals surface area contributed by atoms with Gasteiger partial charge in [-0.15, -0.1) is 0 Å². The quantitative estimate of drug-likeness (QED) is 0.809. The lowest BCUT2D eigenvalue weighted by Gasteiger charge is -2.30. The fourth-order valence-electron chi connectivity index (χ4n) is 3.21. The number of anilines is 1. The molecule has 1 aliphatic rings. The summed E-state index contributed by atoms with van der Waals surface area (Å²) < 4.78 is 13.6. The first-order valence-corrected chi connectivity index (χ1v) is 7.80. The molecule has 0 bridgehead atoms. The second kappa shape index (κ2) is 6.30. The summed E-state index contributed by atoms with van der Waals surface area (Å²) in [6, 6.07) is 16.7. The fourth-order valence-corrected chi connectivity index (χ4v) is 3.21. The van der Waals surface area contributed by atoms with Gasteiger partial charge in [-0.1, -0.05) is 36.4 Å². The van der Waals surface area contributed by atoms with Crippen molar-refractivity contribution in [3.05, 3.63) is 65.5 Å². The first-order valence-electron chi connectivity index (χ1n) is 7.80. The van der Waals surface area contributed by atoms with Crippen molar-refractivity contribution in [3.8, 4) is 0 Å². The molecule has 3 rings (SSSR count). The highest BCUT2D eigenvalue weighted by atomic mass is 19.1. The van der Waals surface area contributed by atoms with E-state index in [1.807, 2.05) is 12.1 Å². The second-order valence-corrected chi connectivity index (χ2v) is 6.07. The minimum atomic E-state index is -0.127. The van der Waals surface area contributed by atoms with E-state index in [0.717, 1.165) is 18.5 Å². The molecule has 0 spiro atoms. The lowest BCUT2D eigenvalue weighted by Crippen LogP contribution is -2.25. The maximum Gasteiger partial charge on any atom is 0.128 e. The number of benzene rings is 2. The monoisotopic (exact) mass is 283 g/mol. The molecule has 21 heavy (non-hydrogen) atoms. The van der Waals surface area contributed by atoms with Crippen LogP contribution in [0.1, 0.15) is 42.7 Å². The normalized spacial score (nSPS) is 22.0.